The molecule has 0 aromatic heterocycles. The summed E-state index contributed by atoms with van der Waals surface area (Å²) in [5, 5.41) is 2.83. The molecule has 1 heterocycles. The van der Waals surface area contributed by atoms with Crippen molar-refractivity contribution in [3.63, 3.8) is 0 Å². The summed E-state index contributed by atoms with van der Waals surface area (Å²) < 4.78 is 16.3. The number of hydrogen-bond acceptors (Lipinski definition) is 6. The maximum atomic E-state index is 12.6. The molecule has 7 nitrogen and oxygen atoms in total. The van der Waals surface area contributed by atoms with Crippen molar-refractivity contribution < 1.29 is 23.8 Å². The Bertz CT molecular complexity index is 1130. The highest BCUT2D eigenvalue weighted by Crippen LogP contribution is 2.30. The van der Waals surface area contributed by atoms with Gasteiger partial charge in [0, 0.05) is 24.3 Å². The number of hydrogen-bond donors (Lipinski definition) is 1. The Hall–Kier alpha value is -3.84. The van der Waals surface area contributed by atoms with Gasteiger partial charge in [0.1, 0.15) is 5.75 Å². The summed E-state index contributed by atoms with van der Waals surface area (Å²) in [6, 6.07) is 23.1. The molecule has 34 heavy (non-hydrogen) atoms. The fraction of sp³-hybridized carbons (Fsp3) is 0.259. The molecule has 0 spiro atoms. The number of carbonyl (C=O) groups excluding carboxylic acids is 2. The third kappa shape index (κ3) is 5.74. The summed E-state index contributed by atoms with van der Waals surface area (Å²) in [7, 11) is 1.33. The molecule has 7 heteroatoms. The smallest absolute Gasteiger partial charge is 0.340 e. The SMILES string of the molecule is COC(=O)c1cc(N2CCOCC2)ccc1NC(=O)CCOc1ccccc1-c1ccccc1. The van der Waals surface area contributed by atoms with Crippen molar-refractivity contribution in [3.8, 4) is 16.9 Å². The fourth-order valence-electron chi connectivity index (χ4n) is 3.85. The molecule has 176 valence electrons. The normalized spacial score (nSPS) is 13.3. The van der Waals surface area contributed by atoms with Gasteiger partial charge < -0.3 is 24.4 Å². The average Bonchev–Trinajstić information content (AvgIpc) is 2.90. The molecular weight excluding hydrogens is 432 g/mol. The third-order valence-corrected chi connectivity index (χ3v) is 5.62. The highest BCUT2D eigenvalue weighted by Gasteiger charge is 2.18. The molecule has 0 bridgehead atoms. The Balaban J connectivity index is 1.40. The number of nitrogens with zero attached hydrogens (tertiary/aromatic N) is 1. The first-order valence-electron chi connectivity index (χ1n) is 11.3. The highest BCUT2D eigenvalue weighted by atomic mass is 16.5. The largest absolute Gasteiger partial charge is 0.492 e. The summed E-state index contributed by atoms with van der Waals surface area (Å²) in [6.07, 6.45) is 0.134. The Labute approximate surface area is 199 Å². The second kappa shape index (κ2) is 11.3. The van der Waals surface area contributed by atoms with E-state index in [1.54, 1.807) is 12.1 Å². The number of carbonyl (C=O) groups is 2. The zero-order valence-electron chi connectivity index (χ0n) is 19.2. The molecule has 1 amide bonds. The van der Waals surface area contributed by atoms with Gasteiger partial charge in [-0.05, 0) is 29.8 Å². The summed E-state index contributed by atoms with van der Waals surface area (Å²) >= 11 is 0. The molecule has 4 rings (SSSR count). The van der Waals surface area contributed by atoms with E-state index in [0.717, 1.165) is 29.9 Å². The van der Waals surface area contributed by atoms with Crippen molar-refractivity contribution in [1.29, 1.82) is 0 Å². The lowest BCUT2D eigenvalue weighted by molar-refractivity contribution is -0.116. The summed E-state index contributed by atoms with van der Waals surface area (Å²) in [5.41, 5.74) is 3.64. The van der Waals surface area contributed by atoms with Crippen LogP contribution in [0.3, 0.4) is 0 Å². The van der Waals surface area contributed by atoms with Gasteiger partial charge in [-0.2, -0.15) is 0 Å². The van der Waals surface area contributed by atoms with Crippen LogP contribution in [0.2, 0.25) is 0 Å². The van der Waals surface area contributed by atoms with Gasteiger partial charge in [-0.15, -0.1) is 0 Å². The lowest BCUT2D eigenvalue weighted by Gasteiger charge is -2.29. The number of para-hydroxylation sites is 1. The zero-order chi connectivity index (χ0) is 23.8. The van der Waals surface area contributed by atoms with Crippen molar-refractivity contribution in [1.82, 2.24) is 0 Å². The van der Waals surface area contributed by atoms with E-state index in [-0.39, 0.29) is 18.9 Å². The number of amides is 1. The minimum Gasteiger partial charge on any atom is -0.492 e. The molecule has 0 saturated carbocycles. The minimum absolute atomic E-state index is 0.134. The molecule has 0 unspecified atom stereocenters. The lowest BCUT2D eigenvalue weighted by atomic mass is 10.1. The van der Waals surface area contributed by atoms with E-state index in [4.69, 9.17) is 14.2 Å². The monoisotopic (exact) mass is 460 g/mol. The predicted molar refractivity (Wildman–Crippen MR) is 131 cm³/mol. The van der Waals surface area contributed by atoms with Crippen molar-refractivity contribution >= 4 is 23.3 Å². The number of anilines is 2. The van der Waals surface area contributed by atoms with E-state index in [1.807, 2.05) is 60.7 Å². The van der Waals surface area contributed by atoms with Gasteiger partial charge >= 0.3 is 5.97 Å². The van der Waals surface area contributed by atoms with Crippen molar-refractivity contribution in [2.24, 2.45) is 0 Å². The number of methoxy groups -OCH3 is 1. The molecule has 1 N–H and O–H groups in total. The quantitative estimate of drug-likeness (QED) is 0.503. The van der Waals surface area contributed by atoms with Gasteiger partial charge in [-0.1, -0.05) is 48.5 Å². The van der Waals surface area contributed by atoms with Crippen LogP contribution in [0.15, 0.2) is 72.8 Å². The predicted octanol–water partition coefficient (Wildman–Crippen LogP) is 4.38. The van der Waals surface area contributed by atoms with E-state index < -0.39 is 5.97 Å². The van der Waals surface area contributed by atoms with Crippen LogP contribution in [-0.2, 0) is 14.3 Å². The zero-order valence-corrected chi connectivity index (χ0v) is 19.2. The van der Waals surface area contributed by atoms with Gasteiger partial charge in [0.25, 0.3) is 0 Å². The van der Waals surface area contributed by atoms with Gasteiger partial charge in [0.2, 0.25) is 5.91 Å². The molecule has 3 aromatic carbocycles. The standard InChI is InChI=1S/C27H28N2O5/c1-32-27(31)23-19-21(29-14-17-33-18-15-29)11-12-24(23)28-26(30)13-16-34-25-10-6-5-9-22(25)20-7-3-2-4-8-20/h2-12,19H,13-18H2,1H3,(H,28,30). The van der Waals surface area contributed by atoms with Crippen molar-refractivity contribution in [3.05, 3.63) is 78.4 Å². The molecule has 0 aliphatic carbocycles. The molecule has 1 aliphatic rings. The molecular formula is C27H28N2O5. The molecule has 0 radical (unpaired) electrons. The maximum absolute atomic E-state index is 12.6. The van der Waals surface area contributed by atoms with Crippen LogP contribution in [0, 0.1) is 0 Å². The average molecular weight is 461 g/mol. The van der Waals surface area contributed by atoms with Crippen LogP contribution in [-0.4, -0.2) is 51.9 Å². The molecule has 3 aromatic rings. The molecule has 1 fully saturated rings. The van der Waals surface area contributed by atoms with Gasteiger partial charge in [-0.25, -0.2) is 4.79 Å². The lowest BCUT2D eigenvalue weighted by Crippen LogP contribution is -2.36. The first-order chi connectivity index (χ1) is 16.7. The fourth-order valence-corrected chi connectivity index (χ4v) is 3.85. The first kappa shape index (κ1) is 23.3. The Kier molecular flexibility index (Phi) is 7.78. The van der Waals surface area contributed by atoms with Gasteiger partial charge in [0.15, 0.2) is 0 Å². The number of benzene rings is 3. The third-order valence-electron chi connectivity index (χ3n) is 5.62. The number of morpholine rings is 1. The van der Waals surface area contributed by atoms with Crippen LogP contribution in [0.1, 0.15) is 16.8 Å². The van der Waals surface area contributed by atoms with Gasteiger partial charge in [-0.3, -0.25) is 4.79 Å². The number of ether oxygens (including phenoxy) is 3. The Morgan fingerprint density at radius 2 is 1.71 bits per heavy atom. The second-order valence-electron chi connectivity index (χ2n) is 7.83. The van der Waals surface area contributed by atoms with Crippen LogP contribution in [0.25, 0.3) is 11.1 Å². The van der Waals surface area contributed by atoms with E-state index in [1.165, 1.54) is 7.11 Å². The van der Waals surface area contributed by atoms with Crippen molar-refractivity contribution in [2.75, 3.05) is 50.2 Å². The van der Waals surface area contributed by atoms with Crippen LogP contribution < -0.4 is 15.0 Å². The van der Waals surface area contributed by atoms with Crippen LogP contribution in [0.4, 0.5) is 11.4 Å². The first-order valence-corrected chi connectivity index (χ1v) is 11.3. The van der Waals surface area contributed by atoms with E-state index in [0.29, 0.717) is 30.2 Å². The van der Waals surface area contributed by atoms with E-state index in [9.17, 15) is 9.59 Å². The second-order valence-corrected chi connectivity index (χ2v) is 7.83. The molecule has 1 aliphatic heterocycles. The van der Waals surface area contributed by atoms with Gasteiger partial charge in [0.05, 0.1) is 44.6 Å². The highest BCUT2D eigenvalue weighted by molar-refractivity contribution is 6.02. The minimum atomic E-state index is -0.501. The van der Waals surface area contributed by atoms with Crippen LogP contribution >= 0.6 is 0 Å². The maximum Gasteiger partial charge on any atom is 0.340 e. The molecule has 1 saturated heterocycles. The summed E-state index contributed by atoms with van der Waals surface area (Å²) in [6.45, 7) is 2.97. The Morgan fingerprint density at radius 3 is 2.47 bits per heavy atom. The number of esters is 1. The number of nitrogens with one attached hydrogen (secondary N) is 1. The topological polar surface area (TPSA) is 77.1 Å². The molecule has 0 atom stereocenters. The Morgan fingerprint density at radius 1 is 0.971 bits per heavy atom. The summed E-state index contributed by atoms with van der Waals surface area (Å²) in [4.78, 5) is 27.2. The van der Waals surface area contributed by atoms with E-state index >= 15 is 0 Å². The number of rotatable bonds is 8. The summed E-state index contributed by atoms with van der Waals surface area (Å²) in [5.74, 6) is -0.0356. The van der Waals surface area contributed by atoms with Crippen molar-refractivity contribution in [2.45, 2.75) is 6.42 Å². The van der Waals surface area contributed by atoms with E-state index in [2.05, 4.69) is 10.2 Å². The van der Waals surface area contributed by atoms with Crippen LogP contribution in [0.5, 0.6) is 5.75 Å².